The minimum Gasteiger partial charge on any atom is -0.442 e. The average Bonchev–Trinajstić information content (AvgIpc) is 3.11. The summed E-state index contributed by atoms with van der Waals surface area (Å²) in [5, 5.41) is 8.35. The van der Waals surface area contributed by atoms with Gasteiger partial charge in [-0.1, -0.05) is 18.7 Å². The molecule has 4 rings (SSSR count). The monoisotopic (exact) mass is 556 g/mol. The van der Waals surface area contributed by atoms with Crippen molar-refractivity contribution < 1.29 is 37.1 Å². The Labute approximate surface area is 220 Å². The second kappa shape index (κ2) is 12.4. The second-order valence-corrected chi connectivity index (χ2v) is 9.38. The van der Waals surface area contributed by atoms with Crippen LogP contribution >= 0.6 is 11.8 Å². The summed E-state index contributed by atoms with van der Waals surface area (Å²) < 4.78 is 44.9. The highest BCUT2D eigenvalue weighted by Gasteiger charge is 2.34. The lowest BCUT2D eigenvalue weighted by Gasteiger charge is -2.24. The summed E-state index contributed by atoms with van der Waals surface area (Å²) in [4.78, 5) is 48.7. The zero-order valence-corrected chi connectivity index (χ0v) is 21.3. The van der Waals surface area contributed by atoms with E-state index >= 15 is 4.39 Å². The Kier molecular flexibility index (Phi) is 8.99. The van der Waals surface area contributed by atoms with Gasteiger partial charge in [-0.25, -0.2) is 19.0 Å². The lowest BCUT2D eigenvalue weighted by atomic mass is 10.2. The van der Waals surface area contributed by atoms with Crippen LogP contribution in [0.5, 0.6) is 0 Å². The third kappa shape index (κ3) is 6.69. The van der Waals surface area contributed by atoms with Crippen molar-refractivity contribution in [1.29, 1.82) is 0 Å². The van der Waals surface area contributed by atoms with Gasteiger partial charge in [0.15, 0.2) is 5.17 Å². The molecule has 0 bridgehead atoms. The fraction of sp³-hybridized carbons (Fsp3) is 0.478. The molecule has 0 aliphatic carbocycles. The Balaban J connectivity index is 1.32. The molecule has 2 fully saturated rings. The van der Waals surface area contributed by atoms with Gasteiger partial charge < -0.3 is 15.0 Å². The summed E-state index contributed by atoms with van der Waals surface area (Å²) >= 11 is 1.34. The first-order valence-corrected chi connectivity index (χ1v) is 12.8. The number of thioether (sulfide) groups is 1. The van der Waals surface area contributed by atoms with Gasteiger partial charge >= 0.3 is 18.5 Å². The van der Waals surface area contributed by atoms with Crippen LogP contribution in [-0.4, -0.2) is 86.7 Å². The first-order chi connectivity index (χ1) is 18.2. The zero-order chi connectivity index (χ0) is 27.2. The Morgan fingerprint density at radius 3 is 2.76 bits per heavy atom. The lowest BCUT2D eigenvalue weighted by molar-refractivity contribution is -0.132. The highest BCUT2D eigenvalue weighted by atomic mass is 32.2. The standard InChI is InChI=1S/C23H27F3N6O5S/c1-2-14-10-28-21(38-13-14)29-22(34)32-6-5-30(7-8-36-32)18-4-3-15(9-17(18)24)31-12-16(37-23(31)35)11-27-20(33)19(25)26/h3-4,9,13,16,19H,2,5-8,10-12H2,1H3,(H,27,33)(H,28,29,34)/t16-/m0/s1. The number of cyclic esters (lactones) is 1. The number of alkyl halides is 2. The van der Waals surface area contributed by atoms with Crippen molar-refractivity contribution >= 4 is 46.3 Å². The minimum atomic E-state index is -3.17. The number of ether oxygens (including phenoxy) is 1. The molecule has 15 heteroatoms. The van der Waals surface area contributed by atoms with Crippen molar-refractivity contribution in [3.05, 3.63) is 35.0 Å². The molecule has 3 aliphatic rings. The van der Waals surface area contributed by atoms with E-state index in [1.807, 2.05) is 17.6 Å². The number of halogens is 3. The third-order valence-corrected chi connectivity index (χ3v) is 6.90. The number of carbonyl (C=O) groups excluding carboxylic acids is 3. The predicted octanol–water partition coefficient (Wildman–Crippen LogP) is 2.69. The number of rotatable bonds is 6. The van der Waals surface area contributed by atoms with Crippen molar-refractivity contribution in [3.63, 3.8) is 0 Å². The van der Waals surface area contributed by atoms with Crippen LogP contribution in [0.15, 0.2) is 34.2 Å². The van der Waals surface area contributed by atoms with Crippen LogP contribution in [0.1, 0.15) is 13.3 Å². The van der Waals surface area contributed by atoms with Gasteiger partial charge in [-0.05, 0) is 35.6 Å². The molecule has 3 heterocycles. The Bertz CT molecular complexity index is 1140. The minimum absolute atomic E-state index is 0.0398. The average molecular weight is 557 g/mol. The topological polar surface area (TPSA) is 116 Å². The van der Waals surface area contributed by atoms with Crippen molar-refractivity contribution in [1.82, 2.24) is 15.7 Å². The summed E-state index contributed by atoms with van der Waals surface area (Å²) in [6, 6.07) is 3.75. The number of urea groups is 1. The maximum atomic E-state index is 15.1. The zero-order valence-electron chi connectivity index (χ0n) is 20.5. The number of nitrogens with zero attached hydrogens (tertiary/aromatic N) is 4. The number of hydrogen-bond acceptors (Lipinski definition) is 8. The van der Waals surface area contributed by atoms with Crippen molar-refractivity contribution in [2.75, 3.05) is 55.7 Å². The third-order valence-electron chi connectivity index (χ3n) is 6.00. The van der Waals surface area contributed by atoms with Gasteiger partial charge in [-0.15, -0.1) is 0 Å². The molecule has 0 radical (unpaired) electrons. The first-order valence-electron chi connectivity index (χ1n) is 11.9. The molecule has 11 nitrogen and oxygen atoms in total. The maximum absolute atomic E-state index is 15.1. The molecule has 1 aromatic rings. The molecule has 0 spiro atoms. The van der Waals surface area contributed by atoms with E-state index < -0.39 is 36.4 Å². The quantitative estimate of drug-likeness (QED) is 0.554. The van der Waals surface area contributed by atoms with Crippen molar-refractivity contribution in [2.45, 2.75) is 25.9 Å². The summed E-state index contributed by atoms with van der Waals surface area (Å²) in [6.07, 6.45) is -3.91. The number of benzene rings is 1. The van der Waals surface area contributed by atoms with E-state index in [4.69, 9.17) is 9.57 Å². The molecule has 0 aromatic heterocycles. The van der Waals surface area contributed by atoms with Crippen LogP contribution in [0.2, 0.25) is 0 Å². The van der Waals surface area contributed by atoms with Crippen molar-refractivity contribution in [3.8, 4) is 0 Å². The fourth-order valence-corrected chi connectivity index (χ4v) is 4.71. The van der Waals surface area contributed by atoms with E-state index in [0.29, 0.717) is 24.8 Å². The normalized spacial score (nSPS) is 20.1. The maximum Gasteiger partial charge on any atom is 0.414 e. The number of anilines is 2. The van der Waals surface area contributed by atoms with E-state index in [0.717, 1.165) is 11.3 Å². The summed E-state index contributed by atoms with van der Waals surface area (Å²) in [6.45, 7) is 3.17. The molecule has 1 atom stereocenters. The van der Waals surface area contributed by atoms with E-state index in [9.17, 15) is 23.2 Å². The fourth-order valence-electron chi connectivity index (χ4n) is 3.91. The van der Waals surface area contributed by atoms with Gasteiger partial charge in [0.1, 0.15) is 11.9 Å². The number of hydroxylamine groups is 2. The largest absolute Gasteiger partial charge is 0.442 e. The van der Waals surface area contributed by atoms with Crippen LogP contribution in [0.4, 0.5) is 34.1 Å². The Morgan fingerprint density at radius 1 is 1.26 bits per heavy atom. The van der Waals surface area contributed by atoms with Crippen LogP contribution < -0.4 is 20.4 Å². The van der Waals surface area contributed by atoms with Crippen LogP contribution in [0, 0.1) is 5.82 Å². The Hall–Kier alpha value is -3.46. The smallest absolute Gasteiger partial charge is 0.414 e. The number of amides is 4. The number of hydrogen-bond donors (Lipinski definition) is 2. The van der Waals surface area contributed by atoms with Crippen LogP contribution in [0.3, 0.4) is 0 Å². The highest BCUT2D eigenvalue weighted by Crippen LogP contribution is 2.28. The van der Waals surface area contributed by atoms with Gasteiger partial charge in [0, 0.05) is 13.1 Å². The lowest BCUT2D eigenvalue weighted by Crippen LogP contribution is -2.43. The number of carbonyl (C=O) groups is 3. The molecule has 2 N–H and O–H groups in total. The predicted molar refractivity (Wildman–Crippen MR) is 135 cm³/mol. The van der Waals surface area contributed by atoms with Crippen LogP contribution in [0.25, 0.3) is 0 Å². The second-order valence-electron chi connectivity index (χ2n) is 8.52. The van der Waals surface area contributed by atoms with Crippen molar-refractivity contribution in [2.24, 2.45) is 4.99 Å². The highest BCUT2D eigenvalue weighted by molar-refractivity contribution is 8.16. The molecule has 2 saturated heterocycles. The SMILES string of the molecule is CCC1=CSC(NC(=O)N2CCN(c3ccc(N4C[C@H](CNC(=O)C(F)F)OC4=O)cc3F)CCO2)=NC1. The van der Waals surface area contributed by atoms with Gasteiger partial charge in [0.2, 0.25) is 0 Å². The summed E-state index contributed by atoms with van der Waals surface area (Å²) in [5.74, 6) is -2.06. The molecular weight excluding hydrogens is 529 g/mol. The number of amidine groups is 1. The van der Waals surface area contributed by atoms with Gasteiger partial charge in [-0.2, -0.15) is 8.78 Å². The van der Waals surface area contributed by atoms with E-state index in [2.05, 4.69) is 10.3 Å². The van der Waals surface area contributed by atoms with Gasteiger partial charge in [-0.3, -0.25) is 24.8 Å². The summed E-state index contributed by atoms with van der Waals surface area (Å²) in [7, 11) is 0. The molecule has 206 valence electrons. The molecule has 0 unspecified atom stereocenters. The van der Waals surface area contributed by atoms with E-state index in [1.54, 1.807) is 4.90 Å². The van der Waals surface area contributed by atoms with Gasteiger partial charge in [0.05, 0.1) is 44.2 Å². The molecule has 38 heavy (non-hydrogen) atoms. The summed E-state index contributed by atoms with van der Waals surface area (Å²) in [5.41, 5.74) is 1.66. The molecule has 0 saturated carbocycles. The van der Waals surface area contributed by atoms with E-state index in [-0.39, 0.29) is 37.6 Å². The van der Waals surface area contributed by atoms with Gasteiger partial charge in [0.25, 0.3) is 5.91 Å². The first kappa shape index (κ1) is 27.6. The molecule has 4 amide bonds. The Morgan fingerprint density at radius 2 is 2.08 bits per heavy atom. The molecule has 1 aromatic carbocycles. The molecule has 3 aliphatic heterocycles. The molecular formula is C23H27F3N6O5S. The number of nitrogens with one attached hydrogen (secondary N) is 2. The number of aliphatic imine (C=N–C) groups is 1. The van der Waals surface area contributed by atoms with E-state index in [1.165, 1.54) is 40.6 Å². The van der Waals surface area contributed by atoms with Crippen LogP contribution in [-0.2, 0) is 14.4 Å².